The predicted octanol–water partition coefficient (Wildman–Crippen LogP) is 6.42. The van der Waals surface area contributed by atoms with Gasteiger partial charge in [0.05, 0.1) is 0 Å². The Morgan fingerprint density at radius 1 is 1.03 bits per heavy atom. The molecule has 186 valence electrons. The number of aliphatic carboxylic acids is 1. The molecule has 0 unspecified atom stereocenters. The van der Waals surface area contributed by atoms with Gasteiger partial charge in [0.15, 0.2) is 0 Å². The van der Waals surface area contributed by atoms with Gasteiger partial charge in [0, 0.05) is 23.2 Å². The topological polar surface area (TPSA) is 88.2 Å². The van der Waals surface area contributed by atoms with Crippen molar-refractivity contribution in [1.82, 2.24) is 15.5 Å². The number of nitrogens with one attached hydrogen (secondary N) is 1. The molecule has 7 heteroatoms. The van der Waals surface area contributed by atoms with Crippen LogP contribution >= 0.6 is 0 Å². The molecule has 6 nitrogen and oxygen atoms in total. The van der Waals surface area contributed by atoms with E-state index in [9.17, 15) is 14.3 Å². The normalized spacial score (nSPS) is 11.6. The number of carboxylic acids is 1. The Labute approximate surface area is 210 Å². The van der Waals surface area contributed by atoms with Gasteiger partial charge in [-0.25, -0.2) is 4.39 Å². The monoisotopic (exact) mass is 487 g/mol. The number of benzene rings is 3. The van der Waals surface area contributed by atoms with Crippen LogP contribution in [0.25, 0.3) is 34.0 Å². The van der Waals surface area contributed by atoms with Gasteiger partial charge in [0.1, 0.15) is 11.4 Å². The first-order chi connectivity index (χ1) is 17.2. The number of carbonyl (C=O) groups is 1. The molecule has 0 spiro atoms. The van der Waals surface area contributed by atoms with Gasteiger partial charge in [-0.3, -0.25) is 10.1 Å². The summed E-state index contributed by atoms with van der Waals surface area (Å²) >= 11 is 0. The van der Waals surface area contributed by atoms with Gasteiger partial charge >= 0.3 is 5.97 Å². The Hall–Kier alpha value is -3.84. The third-order valence-electron chi connectivity index (χ3n) is 6.30. The highest BCUT2D eigenvalue weighted by Crippen LogP contribution is 2.32. The SMILES string of the molecule is CCCc1cc(-c2nc(-c3ccc(CNC(C)(C)C(=O)O)c(F)c3)no2)ccc1-c1ccccc1C. The van der Waals surface area contributed by atoms with Crippen molar-refractivity contribution in [2.75, 3.05) is 0 Å². The molecule has 4 rings (SSSR count). The minimum absolute atomic E-state index is 0.0797. The fourth-order valence-electron chi connectivity index (χ4n) is 4.02. The van der Waals surface area contributed by atoms with Crippen molar-refractivity contribution in [2.24, 2.45) is 0 Å². The van der Waals surface area contributed by atoms with Crippen molar-refractivity contribution in [3.8, 4) is 34.0 Å². The van der Waals surface area contributed by atoms with Crippen LogP contribution in [-0.4, -0.2) is 26.8 Å². The van der Waals surface area contributed by atoms with Crippen molar-refractivity contribution >= 4 is 5.97 Å². The van der Waals surface area contributed by atoms with Crippen LogP contribution in [0.1, 0.15) is 43.9 Å². The minimum atomic E-state index is -1.17. The van der Waals surface area contributed by atoms with Gasteiger partial charge < -0.3 is 9.63 Å². The molecule has 0 aliphatic heterocycles. The molecule has 36 heavy (non-hydrogen) atoms. The van der Waals surface area contributed by atoms with E-state index >= 15 is 0 Å². The number of nitrogens with zero attached hydrogens (tertiary/aromatic N) is 2. The highest BCUT2D eigenvalue weighted by atomic mass is 19.1. The lowest BCUT2D eigenvalue weighted by Gasteiger charge is -2.21. The molecule has 1 heterocycles. The van der Waals surface area contributed by atoms with Gasteiger partial charge in [-0.1, -0.05) is 61.0 Å². The Balaban J connectivity index is 1.58. The Kier molecular flexibility index (Phi) is 7.31. The van der Waals surface area contributed by atoms with E-state index in [4.69, 9.17) is 4.52 Å². The predicted molar refractivity (Wildman–Crippen MR) is 138 cm³/mol. The van der Waals surface area contributed by atoms with Crippen molar-refractivity contribution in [3.63, 3.8) is 0 Å². The standard InChI is InChI=1S/C29H30FN3O3/c1-5-8-19-15-21(13-14-24(19)23-10-7-6-9-18(23)2)27-32-26(33-36-27)20-11-12-22(25(30)16-20)17-31-29(3,4)28(34)35/h6-7,9-16,31H,5,8,17H2,1-4H3,(H,34,35). The van der Waals surface area contributed by atoms with E-state index in [0.29, 0.717) is 17.0 Å². The number of hydrogen-bond donors (Lipinski definition) is 2. The maximum absolute atomic E-state index is 14.7. The second-order valence-electron chi connectivity index (χ2n) is 9.45. The molecule has 0 radical (unpaired) electrons. The van der Waals surface area contributed by atoms with Crippen molar-refractivity contribution in [1.29, 1.82) is 0 Å². The summed E-state index contributed by atoms with van der Waals surface area (Å²) in [5.74, 6) is -0.824. The number of carboxylic acid groups (broad SMARTS) is 1. The lowest BCUT2D eigenvalue weighted by Crippen LogP contribution is -2.46. The first-order valence-electron chi connectivity index (χ1n) is 12.0. The number of aryl methyl sites for hydroxylation is 2. The van der Waals surface area contributed by atoms with E-state index in [1.807, 2.05) is 18.2 Å². The summed E-state index contributed by atoms with van der Waals surface area (Å²) in [7, 11) is 0. The van der Waals surface area contributed by atoms with E-state index in [1.54, 1.807) is 12.1 Å². The highest BCUT2D eigenvalue weighted by molar-refractivity contribution is 5.77. The van der Waals surface area contributed by atoms with Crippen molar-refractivity contribution < 1.29 is 18.8 Å². The summed E-state index contributed by atoms with van der Waals surface area (Å²) in [5.41, 5.74) is 5.30. The molecule has 1 aromatic heterocycles. The van der Waals surface area contributed by atoms with E-state index < -0.39 is 17.3 Å². The Morgan fingerprint density at radius 2 is 1.78 bits per heavy atom. The zero-order valence-electron chi connectivity index (χ0n) is 20.9. The molecule has 0 amide bonds. The van der Waals surface area contributed by atoms with Gasteiger partial charge in [-0.15, -0.1) is 0 Å². The van der Waals surface area contributed by atoms with Gasteiger partial charge in [-0.2, -0.15) is 4.98 Å². The third-order valence-corrected chi connectivity index (χ3v) is 6.30. The molecule has 0 saturated heterocycles. The quantitative estimate of drug-likeness (QED) is 0.283. The summed E-state index contributed by atoms with van der Waals surface area (Å²) < 4.78 is 20.3. The minimum Gasteiger partial charge on any atom is -0.480 e. The van der Waals surface area contributed by atoms with Crippen LogP contribution in [0.2, 0.25) is 0 Å². The van der Waals surface area contributed by atoms with Crippen LogP contribution in [0.3, 0.4) is 0 Å². The summed E-state index contributed by atoms with van der Waals surface area (Å²) in [6.45, 7) is 7.40. The first-order valence-corrected chi connectivity index (χ1v) is 12.0. The van der Waals surface area contributed by atoms with E-state index in [-0.39, 0.29) is 12.4 Å². The van der Waals surface area contributed by atoms with Crippen molar-refractivity contribution in [2.45, 2.75) is 52.6 Å². The average molecular weight is 488 g/mol. The summed E-state index contributed by atoms with van der Waals surface area (Å²) in [5, 5.41) is 16.1. The van der Waals surface area contributed by atoms with Gasteiger partial charge in [0.2, 0.25) is 5.82 Å². The number of aromatic nitrogens is 2. The second-order valence-corrected chi connectivity index (χ2v) is 9.45. The molecule has 0 bridgehead atoms. The fraction of sp³-hybridized carbons (Fsp3) is 0.276. The average Bonchev–Trinajstić information content (AvgIpc) is 3.34. The lowest BCUT2D eigenvalue weighted by molar-refractivity contribution is -0.143. The molecule has 0 fully saturated rings. The number of rotatable bonds is 9. The van der Waals surface area contributed by atoms with Crippen LogP contribution in [0, 0.1) is 12.7 Å². The van der Waals surface area contributed by atoms with Crippen LogP contribution < -0.4 is 5.32 Å². The van der Waals surface area contributed by atoms with Crippen molar-refractivity contribution in [3.05, 3.63) is 83.2 Å². The largest absolute Gasteiger partial charge is 0.480 e. The highest BCUT2D eigenvalue weighted by Gasteiger charge is 2.26. The smallest absolute Gasteiger partial charge is 0.323 e. The number of hydrogen-bond acceptors (Lipinski definition) is 5. The third kappa shape index (κ3) is 5.36. The fourth-order valence-corrected chi connectivity index (χ4v) is 4.02. The van der Waals surface area contributed by atoms with E-state index in [0.717, 1.165) is 18.4 Å². The van der Waals surface area contributed by atoms with E-state index in [2.05, 4.69) is 53.6 Å². The van der Waals surface area contributed by atoms with Crippen LogP contribution in [0.4, 0.5) is 4.39 Å². The van der Waals surface area contributed by atoms with Crippen LogP contribution in [0.5, 0.6) is 0 Å². The summed E-state index contributed by atoms with van der Waals surface area (Å²) in [6.07, 6.45) is 1.92. The molecule has 0 saturated carbocycles. The Morgan fingerprint density at radius 3 is 2.47 bits per heavy atom. The molecule has 0 aliphatic carbocycles. The lowest BCUT2D eigenvalue weighted by atomic mass is 9.92. The van der Waals surface area contributed by atoms with Gasteiger partial charge in [-0.05, 0) is 67.6 Å². The maximum Gasteiger partial charge on any atom is 0.323 e. The molecule has 3 aromatic carbocycles. The first kappa shape index (κ1) is 25.3. The van der Waals surface area contributed by atoms with Gasteiger partial charge in [0.25, 0.3) is 5.89 Å². The van der Waals surface area contributed by atoms with E-state index in [1.165, 1.54) is 42.2 Å². The second kappa shape index (κ2) is 10.4. The molecular weight excluding hydrogens is 457 g/mol. The summed E-state index contributed by atoms with van der Waals surface area (Å²) in [6, 6.07) is 19.1. The Bertz CT molecular complexity index is 1390. The summed E-state index contributed by atoms with van der Waals surface area (Å²) in [4.78, 5) is 15.8. The molecule has 0 aliphatic rings. The zero-order chi connectivity index (χ0) is 25.9. The number of halogens is 1. The zero-order valence-corrected chi connectivity index (χ0v) is 20.9. The maximum atomic E-state index is 14.7. The van der Waals surface area contributed by atoms with Crippen LogP contribution in [-0.2, 0) is 17.8 Å². The molecule has 0 atom stereocenters. The molecular formula is C29H30FN3O3. The molecule has 4 aromatic rings. The molecule has 2 N–H and O–H groups in total. The van der Waals surface area contributed by atoms with Crippen LogP contribution in [0.15, 0.2) is 65.2 Å².